The van der Waals surface area contributed by atoms with Crippen LogP contribution >= 0.6 is 0 Å². The van der Waals surface area contributed by atoms with Crippen LogP contribution in [-0.2, 0) is 9.59 Å². The van der Waals surface area contributed by atoms with Gasteiger partial charge in [-0.25, -0.2) is 0 Å². The van der Waals surface area contributed by atoms with E-state index < -0.39 is 5.92 Å². The Hall–Kier alpha value is -1.43. The molecule has 12 heavy (non-hydrogen) atoms. The maximum absolute atomic E-state index is 11.1. The Morgan fingerprint density at radius 1 is 1.67 bits per heavy atom. The Morgan fingerprint density at radius 2 is 2.33 bits per heavy atom. The van der Waals surface area contributed by atoms with Gasteiger partial charge in [-0.3, -0.25) is 4.79 Å². The summed E-state index contributed by atoms with van der Waals surface area (Å²) in [7, 11) is 0. The Bertz CT molecular complexity index is 215. The highest BCUT2D eigenvalue weighted by molar-refractivity contribution is 5.93. The average Bonchev–Trinajstić information content (AvgIpc) is 2.10. The van der Waals surface area contributed by atoms with Gasteiger partial charge >= 0.3 is 0 Å². The summed E-state index contributed by atoms with van der Waals surface area (Å²) in [6.45, 7) is 3.43. The van der Waals surface area contributed by atoms with E-state index in [1.165, 1.54) is 6.08 Å². The Morgan fingerprint density at radius 3 is 2.75 bits per heavy atom. The molecule has 1 unspecified atom stereocenters. The second-order valence-corrected chi connectivity index (χ2v) is 2.39. The molecular formula is C9H11NO2. The molecular weight excluding hydrogens is 154 g/mol. The second-order valence-electron chi connectivity index (χ2n) is 2.39. The van der Waals surface area contributed by atoms with Gasteiger partial charge in [0, 0.05) is 12.8 Å². The van der Waals surface area contributed by atoms with E-state index in [1.807, 2.05) is 6.07 Å². The van der Waals surface area contributed by atoms with Gasteiger partial charge in [-0.2, -0.15) is 5.26 Å². The lowest BCUT2D eigenvalue weighted by molar-refractivity contribution is -0.127. The fourth-order valence-corrected chi connectivity index (χ4v) is 0.807. The SMILES string of the molecule is C=CCC(C=O)C(=O)CCC#N. The molecule has 0 aliphatic carbocycles. The number of Topliss-reactive ketones (excluding diaryl/α,β-unsaturated/α-hetero) is 1. The van der Waals surface area contributed by atoms with Crippen molar-refractivity contribution in [1.82, 2.24) is 0 Å². The molecule has 1 atom stereocenters. The van der Waals surface area contributed by atoms with E-state index in [0.29, 0.717) is 12.7 Å². The molecule has 64 valence electrons. The van der Waals surface area contributed by atoms with Crippen LogP contribution in [0.5, 0.6) is 0 Å². The number of carbonyl (C=O) groups excluding carboxylic acids is 2. The Balaban J connectivity index is 3.95. The fourth-order valence-electron chi connectivity index (χ4n) is 0.807. The van der Waals surface area contributed by atoms with Gasteiger partial charge in [-0.05, 0) is 6.42 Å². The first-order valence-corrected chi connectivity index (χ1v) is 3.72. The predicted molar refractivity (Wildman–Crippen MR) is 44.2 cm³/mol. The van der Waals surface area contributed by atoms with E-state index in [2.05, 4.69) is 6.58 Å². The molecule has 0 bridgehead atoms. The summed E-state index contributed by atoms with van der Waals surface area (Å²) >= 11 is 0. The quantitative estimate of drug-likeness (QED) is 0.338. The summed E-state index contributed by atoms with van der Waals surface area (Å²) in [5, 5.41) is 8.19. The van der Waals surface area contributed by atoms with Crippen LogP contribution in [0.15, 0.2) is 12.7 Å². The highest BCUT2D eigenvalue weighted by Crippen LogP contribution is 2.06. The molecule has 3 heteroatoms. The van der Waals surface area contributed by atoms with E-state index in [1.54, 1.807) is 0 Å². The summed E-state index contributed by atoms with van der Waals surface area (Å²) in [4.78, 5) is 21.4. The largest absolute Gasteiger partial charge is 0.303 e. The number of allylic oxidation sites excluding steroid dienone is 1. The molecule has 0 fully saturated rings. The number of rotatable bonds is 6. The first kappa shape index (κ1) is 10.6. The zero-order valence-corrected chi connectivity index (χ0v) is 6.82. The lowest BCUT2D eigenvalue weighted by Crippen LogP contribution is -2.14. The number of aldehydes is 1. The van der Waals surface area contributed by atoms with Crippen molar-refractivity contribution in [3.05, 3.63) is 12.7 Å². The van der Waals surface area contributed by atoms with Crippen molar-refractivity contribution in [3.63, 3.8) is 0 Å². The van der Waals surface area contributed by atoms with Crippen molar-refractivity contribution in [3.8, 4) is 6.07 Å². The van der Waals surface area contributed by atoms with Gasteiger partial charge in [0.15, 0.2) is 0 Å². The summed E-state index contributed by atoms with van der Waals surface area (Å²) in [6.07, 6.45) is 2.85. The van der Waals surface area contributed by atoms with Crippen molar-refractivity contribution in [2.45, 2.75) is 19.3 Å². The zero-order chi connectivity index (χ0) is 9.40. The third kappa shape index (κ3) is 3.67. The molecule has 0 spiro atoms. The molecule has 0 aromatic rings. The molecule has 0 saturated heterocycles. The number of nitrogens with zero attached hydrogens (tertiary/aromatic N) is 1. The van der Waals surface area contributed by atoms with Crippen LogP contribution in [0.1, 0.15) is 19.3 Å². The normalized spacial score (nSPS) is 11.2. The molecule has 0 aliphatic rings. The number of ketones is 1. The number of hydrogen-bond donors (Lipinski definition) is 0. The highest BCUT2D eigenvalue weighted by atomic mass is 16.1. The van der Waals surface area contributed by atoms with Gasteiger partial charge in [0.2, 0.25) is 0 Å². The second kappa shape index (κ2) is 6.29. The minimum absolute atomic E-state index is 0.160. The van der Waals surface area contributed by atoms with Crippen molar-refractivity contribution < 1.29 is 9.59 Å². The van der Waals surface area contributed by atoms with Crippen molar-refractivity contribution in [1.29, 1.82) is 5.26 Å². The molecule has 0 aromatic carbocycles. The van der Waals surface area contributed by atoms with E-state index in [9.17, 15) is 9.59 Å². The minimum atomic E-state index is -0.601. The van der Waals surface area contributed by atoms with Crippen LogP contribution in [0.2, 0.25) is 0 Å². The minimum Gasteiger partial charge on any atom is -0.303 e. The molecule has 0 aromatic heterocycles. The van der Waals surface area contributed by atoms with Crippen LogP contribution in [-0.4, -0.2) is 12.1 Å². The van der Waals surface area contributed by atoms with Crippen LogP contribution in [0.3, 0.4) is 0 Å². The lowest BCUT2D eigenvalue weighted by Gasteiger charge is -2.03. The van der Waals surface area contributed by atoms with Gasteiger partial charge in [0.1, 0.15) is 12.1 Å². The molecule has 3 nitrogen and oxygen atoms in total. The van der Waals surface area contributed by atoms with Crippen molar-refractivity contribution >= 4 is 12.1 Å². The standard InChI is InChI=1S/C9H11NO2/c1-2-4-8(7-11)9(12)5-3-6-10/h2,7-8H,1,3-5H2. The molecule has 0 heterocycles. The van der Waals surface area contributed by atoms with E-state index in [0.717, 1.165) is 0 Å². The van der Waals surface area contributed by atoms with Crippen LogP contribution in [0, 0.1) is 17.2 Å². The van der Waals surface area contributed by atoms with Crippen LogP contribution in [0.4, 0.5) is 0 Å². The first-order valence-electron chi connectivity index (χ1n) is 3.72. The topological polar surface area (TPSA) is 57.9 Å². The van der Waals surface area contributed by atoms with Gasteiger partial charge in [-0.15, -0.1) is 6.58 Å². The fraction of sp³-hybridized carbons (Fsp3) is 0.444. The van der Waals surface area contributed by atoms with Gasteiger partial charge in [0.25, 0.3) is 0 Å². The average molecular weight is 165 g/mol. The molecule has 0 rings (SSSR count). The zero-order valence-electron chi connectivity index (χ0n) is 6.82. The molecule has 0 N–H and O–H groups in total. The summed E-state index contributed by atoms with van der Waals surface area (Å²) in [5.41, 5.74) is 0. The monoisotopic (exact) mass is 165 g/mol. The first-order chi connectivity index (χ1) is 5.76. The smallest absolute Gasteiger partial charge is 0.144 e. The number of hydrogen-bond acceptors (Lipinski definition) is 3. The summed E-state index contributed by atoms with van der Waals surface area (Å²) in [6, 6.07) is 1.86. The Kier molecular flexibility index (Phi) is 5.54. The lowest BCUT2D eigenvalue weighted by atomic mass is 9.99. The maximum Gasteiger partial charge on any atom is 0.144 e. The van der Waals surface area contributed by atoms with Crippen molar-refractivity contribution in [2.24, 2.45) is 5.92 Å². The van der Waals surface area contributed by atoms with Gasteiger partial charge < -0.3 is 4.79 Å². The molecule has 0 aliphatic heterocycles. The van der Waals surface area contributed by atoms with Gasteiger partial charge in [-0.1, -0.05) is 6.08 Å². The summed E-state index contributed by atoms with van der Waals surface area (Å²) < 4.78 is 0. The third-order valence-electron chi connectivity index (χ3n) is 1.48. The number of nitriles is 1. The predicted octanol–water partition coefficient (Wildman–Crippen LogP) is 1.25. The Labute approximate surface area is 71.7 Å². The van der Waals surface area contributed by atoms with Crippen molar-refractivity contribution in [2.75, 3.05) is 0 Å². The molecule has 0 radical (unpaired) electrons. The van der Waals surface area contributed by atoms with E-state index >= 15 is 0 Å². The third-order valence-corrected chi connectivity index (χ3v) is 1.48. The highest BCUT2D eigenvalue weighted by Gasteiger charge is 2.14. The molecule has 0 saturated carbocycles. The van der Waals surface area contributed by atoms with Crippen LogP contribution in [0.25, 0.3) is 0 Å². The number of carbonyl (C=O) groups is 2. The maximum atomic E-state index is 11.1. The van der Waals surface area contributed by atoms with Crippen LogP contribution < -0.4 is 0 Å². The van der Waals surface area contributed by atoms with E-state index in [4.69, 9.17) is 5.26 Å². The van der Waals surface area contributed by atoms with E-state index in [-0.39, 0.29) is 18.6 Å². The van der Waals surface area contributed by atoms with Gasteiger partial charge in [0.05, 0.1) is 12.0 Å². The summed E-state index contributed by atoms with van der Waals surface area (Å²) in [5.74, 6) is -0.776. The molecule has 0 amide bonds.